The molecule has 1 aromatic heterocycles. The monoisotopic (exact) mass is 263 g/mol. The summed E-state index contributed by atoms with van der Waals surface area (Å²) in [6.07, 6.45) is 5.01. The lowest BCUT2D eigenvalue weighted by atomic mass is 10.2. The Morgan fingerprint density at radius 2 is 2.11 bits per heavy atom. The van der Waals surface area contributed by atoms with E-state index in [1.165, 1.54) is 31.6 Å². The number of nitrogens with zero attached hydrogens (tertiary/aromatic N) is 2. The van der Waals surface area contributed by atoms with Crippen molar-refractivity contribution in [2.75, 3.05) is 13.6 Å². The molecule has 0 unspecified atom stereocenters. The number of carboxylic acid groups (broad SMARTS) is 1. The Morgan fingerprint density at radius 1 is 1.42 bits per heavy atom. The molecule has 0 bridgehead atoms. The molecule has 0 spiro atoms. The van der Waals surface area contributed by atoms with Crippen LogP contribution in [-0.4, -0.2) is 46.4 Å². The Balaban J connectivity index is 2.89. The molecule has 0 saturated heterocycles. The van der Waals surface area contributed by atoms with Crippen molar-refractivity contribution in [2.24, 2.45) is 5.73 Å². The number of aromatic nitrogens is 1. The van der Waals surface area contributed by atoms with Crippen LogP contribution in [0.25, 0.3) is 6.08 Å². The van der Waals surface area contributed by atoms with Crippen molar-refractivity contribution in [3.8, 4) is 0 Å². The first-order valence-electron chi connectivity index (χ1n) is 5.30. The third-order valence-electron chi connectivity index (χ3n) is 2.16. The summed E-state index contributed by atoms with van der Waals surface area (Å²) in [5.74, 6) is -2.13. The molecule has 0 radical (unpaired) electrons. The predicted octanol–water partition coefficient (Wildman–Crippen LogP) is -0.263. The van der Waals surface area contributed by atoms with Crippen LogP contribution in [0.3, 0.4) is 0 Å². The number of carboxylic acids is 1. The highest BCUT2D eigenvalue weighted by atomic mass is 16.4. The van der Waals surface area contributed by atoms with E-state index in [2.05, 4.69) is 4.98 Å². The number of nitrogens with two attached hydrogens (primary N) is 1. The standard InChI is InChI=1S/C12H13N3O4/c1-15(7-10(13)16)12(19)9-4-8(5-14-6-9)2-3-11(17)18/h2-6H,7H2,1H3,(H2,13,16)(H,17,18)/b3-2+. The topological polar surface area (TPSA) is 114 Å². The Labute approximate surface area is 109 Å². The van der Waals surface area contributed by atoms with Crippen molar-refractivity contribution >= 4 is 23.9 Å². The zero-order chi connectivity index (χ0) is 14.4. The van der Waals surface area contributed by atoms with Gasteiger partial charge in [-0.2, -0.15) is 0 Å². The number of hydrogen-bond acceptors (Lipinski definition) is 4. The minimum absolute atomic E-state index is 0.200. The van der Waals surface area contributed by atoms with Crippen LogP contribution in [0.15, 0.2) is 24.5 Å². The van der Waals surface area contributed by atoms with Crippen molar-refractivity contribution in [1.29, 1.82) is 0 Å². The zero-order valence-electron chi connectivity index (χ0n) is 10.2. The highest BCUT2D eigenvalue weighted by Gasteiger charge is 2.13. The van der Waals surface area contributed by atoms with Crippen LogP contribution in [0.4, 0.5) is 0 Å². The first-order chi connectivity index (χ1) is 8.90. The fourth-order valence-electron chi connectivity index (χ4n) is 1.36. The molecule has 1 aromatic rings. The zero-order valence-corrected chi connectivity index (χ0v) is 10.2. The van der Waals surface area contributed by atoms with Crippen molar-refractivity contribution in [1.82, 2.24) is 9.88 Å². The van der Waals surface area contributed by atoms with E-state index in [-0.39, 0.29) is 12.1 Å². The van der Waals surface area contributed by atoms with Crippen molar-refractivity contribution in [2.45, 2.75) is 0 Å². The molecule has 7 nitrogen and oxygen atoms in total. The Bertz CT molecular complexity index is 540. The number of rotatable bonds is 5. The van der Waals surface area contributed by atoms with E-state index in [0.717, 1.165) is 11.0 Å². The number of amides is 2. The smallest absolute Gasteiger partial charge is 0.328 e. The average Bonchev–Trinajstić information content (AvgIpc) is 2.35. The maximum Gasteiger partial charge on any atom is 0.328 e. The van der Waals surface area contributed by atoms with Gasteiger partial charge < -0.3 is 15.7 Å². The normalized spacial score (nSPS) is 10.4. The van der Waals surface area contributed by atoms with E-state index in [9.17, 15) is 14.4 Å². The van der Waals surface area contributed by atoms with Gasteiger partial charge in [-0.25, -0.2) is 4.79 Å². The minimum Gasteiger partial charge on any atom is -0.478 e. The summed E-state index contributed by atoms with van der Waals surface area (Å²) in [6.45, 7) is -0.200. The summed E-state index contributed by atoms with van der Waals surface area (Å²) in [5.41, 5.74) is 5.71. The van der Waals surface area contributed by atoms with E-state index in [1.54, 1.807) is 0 Å². The van der Waals surface area contributed by atoms with Crippen LogP contribution < -0.4 is 5.73 Å². The number of aliphatic carboxylic acids is 1. The van der Waals surface area contributed by atoms with Gasteiger partial charge in [0.25, 0.3) is 5.91 Å². The number of pyridine rings is 1. The van der Waals surface area contributed by atoms with Gasteiger partial charge in [-0.1, -0.05) is 0 Å². The lowest BCUT2D eigenvalue weighted by Gasteiger charge is -2.14. The fourth-order valence-corrected chi connectivity index (χ4v) is 1.36. The molecule has 0 aliphatic heterocycles. The summed E-state index contributed by atoms with van der Waals surface area (Å²) in [6, 6.07) is 1.48. The molecule has 2 amide bonds. The molecule has 100 valence electrons. The number of likely N-dealkylation sites (N-methyl/N-ethyl adjacent to an activating group) is 1. The molecule has 19 heavy (non-hydrogen) atoms. The second-order valence-corrected chi connectivity index (χ2v) is 3.81. The lowest BCUT2D eigenvalue weighted by Crippen LogP contribution is -2.35. The average molecular weight is 263 g/mol. The molecule has 0 fully saturated rings. The minimum atomic E-state index is -1.09. The van der Waals surface area contributed by atoms with Crippen molar-refractivity contribution < 1.29 is 19.5 Å². The van der Waals surface area contributed by atoms with Crippen LogP contribution in [0.2, 0.25) is 0 Å². The van der Waals surface area contributed by atoms with E-state index in [0.29, 0.717) is 5.56 Å². The summed E-state index contributed by atoms with van der Waals surface area (Å²) < 4.78 is 0. The second-order valence-electron chi connectivity index (χ2n) is 3.81. The number of hydrogen-bond donors (Lipinski definition) is 2. The van der Waals surface area contributed by atoms with Crippen LogP contribution in [0.5, 0.6) is 0 Å². The lowest BCUT2D eigenvalue weighted by molar-refractivity contribution is -0.131. The predicted molar refractivity (Wildman–Crippen MR) is 67.1 cm³/mol. The fraction of sp³-hybridized carbons (Fsp3) is 0.167. The quantitative estimate of drug-likeness (QED) is 0.710. The highest BCUT2D eigenvalue weighted by molar-refractivity contribution is 5.96. The van der Waals surface area contributed by atoms with Gasteiger partial charge >= 0.3 is 5.97 Å². The summed E-state index contributed by atoms with van der Waals surface area (Å²) in [4.78, 5) is 38.0. The summed E-state index contributed by atoms with van der Waals surface area (Å²) in [7, 11) is 1.44. The molecular weight excluding hydrogens is 250 g/mol. The van der Waals surface area contributed by atoms with Gasteiger partial charge in [0.1, 0.15) is 0 Å². The largest absolute Gasteiger partial charge is 0.478 e. The number of carbonyl (C=O) groups is 3. The van der Waals surface area contributed by atoms with Crippen molar-refractivity contribution in [3.05, 3.63) is 35.7 Å². The van der Waals surface area contributed by atoms with Crippen molar-refractivity contribution in [3.63, 3.8) is 0 Å². The van der Waals surface area contributed by atoms with Gasteiger partial charge in [0.05, 0.1) is 12.1 Å². The van der Waals surface area contributed by atoms with Gasteiger partial charge in [0.15, 0.2) is 0 Å². The van der Waals surface area contributed by atoms with Gasteiger partial charge in [0, 0.05) is 25.5 Å². The van der Waals surface area contributed by atoms with Gasteiger partial charge in [-0.15, -0.1) is 0 Å². The molecule has 0 aromatic carbocycles. The maximum atomic E-state index is 11.9. The van der Waals surface area contributed by atoms with Crippen LogP contribution in [-0.2, 0) is 9.59 Å². The van der Waals surface area contributed by atoms with Gasteiger partial charge in [0.2, 0.25) is 5.91 Å². The summed E-state index contributed by atoms with van der Waals surface area (Å²) in [5, 5.41) is 8.51. The third kappa shape index (κ3) is 4.58. The first-order valence-corrected chi connectivity index (χ1v) is 5.30. The molecular formula is C12H13N3O4. The Hall–Kier alpha value is -2.70. The molecule has 1 heterocycles. The third-order valence-corrected chi connectivity index (χ3v) is 2.16. The van der Waals surface area contributed by atoms with Gasteiger partial charge in [-0.3, -0.25) is 14.6 Å². The molecule has 3 N–H and O–H groups in total. The van der Waals surface area contributed by atoms with E-state index < -0.39 is 17.8 Å². The highest BCUT2D eigenvalue weighted by Crippen LogP contribution is 2.07. The number of carbonyl (C=O) groups excluding carboxylic acids is 2. The SMILES string of the molecule is CN(CC(N)=O)C(=O)c1cncc(/C=C/C(=O)O)c1. The Morgan fingerprint density at radius 3 is 2.68 bits per heavy atom. The van der Waals surface area contributed by atoms with Crippen LogP contribution >= 0.6 is 0 Å². The molecule has 0 aliphatic rings. The second kappa shape index (κ2) is 6.29. The summed E-state index contributed by atoms with van der Waals surface area (Å²) >= 11 is 0. The first kappa shape index (κ1) is 14.4. The van der Waals surface area contributed by atoms with Crippen LogP contribution in [0, 0.1) is 0 Å². The molecule has 1 rings (SSSR count). The Kier molecular flexibility index (Phi) is 4.76. The molecule has 0 atom stereocenters. The van der Waals surface area contributed by atoms with E-state index in [4.69, 9.17) is 10.8 Å². The molecule has 0 aliphatic carbocycles. The maximum absolute atomic E-state index is 11.9. The van der Waals surface area contributed by atoms with E-state index in [1.807, 2.05) is 0 Å². The van der Waals surface area contributed by atoms with E-state index >= 15 is 0 Å². The van der Waals surface area contributed by atoms with Gasteiger partial charge in [-0.05, 0) is 17.7 Å². The molecule has 7 heteroatoms. The van der Waals surface area contributed by atoms with Crippen LogP contribution in [0.1, 0.15) is 15.9 Å². The number of primary amides is 1. The molecule has 0 saturated carbocycles.